The molecule has 1 atom stereocenters. The van der Waals surface area contributed by atoms with Crippen molar-refractivity contribution >= 4 is 29.1 Å². The fraction of sp³-hybridized carbons (Fsp3) is 0.471. The van der Waals surface area contributed by atoms with Crippen LogP contribution in [0.15, 0.2) is 42.5 Å². The van der Waals surface area contributed by atoms with Crippen molar-refractivity contribution in [3.63, 3.8) is 0 Å². The molecule has 0 saturated carbocycles. The predicted octanol–water partition coefficient (Wildman–Crippen LogP) is 4.71. The average Bonchev–Trinajstić information content (AvgIpc) is 2.53. The van der Waals surface area contributed by atoms with E-state index in [4.69, 9.17) is 23.2 Å². The summed E-state index contributed by atoms with van der Waals surface area (Å²) in [5.41, 5.74) is 1.09. The second kappa shape index (κ2) is 7.33. The van der Waals surface area contributed by atoms with Crippen LogP contribution >= 0.6 is 23.2 Å². The first-order valence-electron chi connectivity index (χ1n) is 7.44. The monoisotopic (exact) mass is 325 g/mol. The van der Waals surface area contributed by atoms with Gasteiger partial charge >= 0.3 is 0 Å². The van der Waals surface area contributed by atoms with E-state index in [1.54, 1.807) is 0 Å². The standard InChI is InChI=1S/C17H21Cl2NO/c1-2-17(18,19)16(21)20(15-11-7-4-8-12-15)13-14-9-5-3-6-10-14/h3,5-7,9-11,15H,2,4,8,12-13H2,1H3. The molecular formula is C17H21Cl2NO. The molecule has 1 aliphatic carbocycles. The minimum absolute atomic E-state index is 0.0786. The number of carbonyl (C=O) groups excluding carboxylic acids is 1. The van der Waals surface area contributed by atoms with Gasteiger partial charge in [0.05, 0.1) is 6.04 Å². The van der Waals surface area contributed by atoms with Crippen LogP contribution in [-0.4, -0.2) is 21.2 Å². The smallest absolute Gasteiger partial charge is 0.259 e. The van der Waals surface area contributed by atoms with Crippen molar-refractivity contribution in [2.75, 3.05) is 0 Å². The van der Waals surface area contributed by atoms with Crippen LogP contribution in [0.25, 0.3) is 0 Å². The van der Waals surface area contributed by atoms with Crippen molar-refractivity contribution in [2.24, 2.45) is 0 Å². The molecule has 0 spiro atoms. The van der Waals surface area contributed by atoms with Gasteiger partial charge in [-0.3, -0.25) is 4.79 Å². The molecule has 21 heavy (non-hydrogen) atoms. The molecule has 2 rings (SSSR count). The molecule has 0 fully saturated rings. The number of alkyl halides is 2. The molecule has 1 amide bonds. The first kappa shape index (κ1) is 16.4. The van der Waals surface area contributed by atoms with Crippen LogP contribution in [0, 0.1) is 0 Å². The van der Waals surface area contributed by atoms with Gasteiger partial charge in [-0.2, -0.15) is 0 Å². The second-order valence-corrected chi connectivity index (χ2v) is 6.89. The van der Waals surface area contributed by atoms with Gasteiger partial charge in [0.15, 0.2) is 4.33 Å². The summed E-state index contributed by atoms with van der Waals surface area (Å²) in [6.45, 7) is 2.37. The molecule has 0 bridgehead atoms. The minimum Gasteiger partial charge on any atom is -0.329 e. The highest BCUT2D eigenvalue weighted by Gasteiger charge is 2.38. The maximum Gasteiger partial charge on any atom is 0.259 e. The molecule has 0 saturated heterocycles. The summed E-state index contributed by atoms with van der Waals surface area (Å²) in [6, 6.07) is 10.0. The predicted molar refractivity (Wildman–Crippen MR) is 88.5 cm³/mol. The maximum absolute atomic E-state index is 12.7. The maximum atomic E-state index is 12.7. The summed E-state index contributed by atoms with van der Waals surface area (Å²) < 4.78 is -1.35. The number of allylic oxidation sites excluding steroid dienone is 1. The third-order valence-corrected chi connectivity index (χ3v) is 4.70. The second-order valence-electron chi connectivity index (χ2n) is 5.40. The van der Waals surface area contributed by atoms with Gasteiger partial charge in [0.1, 0.15) is 0 Å². The van der Waals surface area contributed by atoms with Gasteiger partial charge in [0, 0.05) is 6.54 Å². The molecule has 0 aromatic heterocycles. The number of hydrogen-bond acceptors (Lipinski definition) is 1. The summed E-state index contributed by atoms with van der Waals surface area (Å²) >= 11 is 12.4. The van der Waals surface area contributed by atoms with Crippen LogP contribution in [0.5, 0.6) is 0 Å². The van der Waals surface area contributed by atoms with E-state index in [9.17, 15) is 4.79 Å². The van der Waals surface area contributed by atoms with Gasteiger partial charge < -0.3 is 4.90 Å². The van der Waals surface area contributed by atoms with Crippen LogP contribution in [0.4, 0.5) is 0 Å². The molecule has 1 aromatic rings. The Kier molecular flexibility index (Phi) is 5.72. The lowest BCUT2D eigenvalue weighted by Crippen LogP contribution is -2.47. The zero-order valence-electron chi connectivity index (χ0n) is 12.3. The molecule has 0 aliphatic heterocycles. The quantitative estimate of drug-likeness (QED) is 0.567. The Morgan fingerprint density at radius 2 is 2.05 bits per heavy atom. The summed E-state index contributed by atoms with van der Waals surface area (Å²) in [7, 11) is 0. The molecule has 0 radical (unpaired) electrons. The van der Waals surface area contributed by atoms with Gasteiger partial charge in [-0.05, 0) is 31.2 Å². The van der Waals surface area contributed by atoms with Crippen molar-refractivity contribution in [3.8, 4) is 0 Å². The first-order chi connectivity index (χ1) is 10.0. The Hall–Kier alpha value is -0.990. The van der Waals surface area contributed by atoms with E-state index in [1.165, 1.54) is 0 Å². The lowest BCUT2D eigenvalue weighted by molar-refractivity contribution is -0.134. The number of rotatable bonds is 5. The molecule has 1 aliphatic rings. The van der Waals surface area contributed by atoms with E-state index in [2.05, 4.69) is 12.2 Å². The summed E-state index contributed by atoms with van der Waals surface area (Å²) in [4.78, 5) is 14.5. The fourth-order valence-electron chi connectivity index (χ4n) is 2.54. The molecule has 0 N–H and O–H groups in total. The van der Waals surface area contributed by atoms with Gasteiger partial charge in [-0.1, -0.05) is 72.6 Å². The number of carbonyl (C=O) groups is 1. The van der Waals surface area contributed by atoms with Crippen molar-refractivity contribution < 1.29 is 4.79 Å². The Bertz CT molecular complexity index is 499. The SMILES string of the molecule is CCC(Cl)(Cl)C(=O)N(Cc1ccccc1)C1C=CCCC1. The van der Waals surface area contributed by atoms with E-state index >= 15 is 0 Å². The van der Waals surface area contributed by atoms with E-state index < -0.39 is 4.33 Å². The van der Waals surface area contributed by atoms with Crippen LogP contribution in [0.1, 0.15) is 38.2 Å². The summed E-state index contributed by atoms with van der Waals surface area (Å²) in [6.07, 6.45) is 7.76. The van der Waals surface area contributed by atoms with Crippen molar-refractivity contribution in [1.82, 2.24) is 4.90 Å². The van der Waals surface area contributed by atoms with E-state index in [-0.39, 0.29) is 11.9 Å². The molecule has 0 heterocycles. The average molecular weight is 326 g/mol. The minimum atomic E-state index is -1.35. The fourth-order valence-corrected chi connectivity index (χ4v) is 2.75. The highest BCUT2D eigenvalue weighted by molar-refractivity contribution is 6.58. The Balaban J connectivity index is 2.23. The highest BCUT2D eigenvalue weighted by Crippen LogP contribution is 2.31. The van der Waals surface area contributed by atoms with Crippen LogP contribution in [-0.2, 0) is 11.3 Å². The third kappa shape index (κ3) is 4.24. The zero-order valence-corrected chi connectivity index (χ0v) is 13.8. The van der Waals surface area contributed by atoms with Gasteiger partial charge in [0.25, 0.3) is 5.91 Å². The van der Waals surface area contributed by atoms with Gasteiger partial charge in [-0.25, -0.2) is 0 Å². The Morgan fingerprint density at radius 1 is 1.33 bits per heavy atom. The highest BCUT2D eigenvalue weighted by atomic mass is 35.5. The molecule has 114 valence electrons. The number of hydrogen-bond donors (Lipinski definition) is 0. The summed E-state index contributed by atoms with van der Waals surface area (Å²) in [5, 5.41) is 0. The number of nitrogens with zero attached hydrogens (tertiary/aromatic N) is 1. The first-order valence-corrected chi connectivity index (χ1v) is 8.19. The van der Waals surface area contributed by atoms with Crippen LogP contribution in [0.3, 0.4) is 0 Å². The number of halogens is 2. The van der Waals surface area contributed by atoms with Crippen molar-refractivity contribution in [3.05, 3.63) is 48.0 Å². The van der Waals surface area contributed by atoms with E-state index in [1.807, 2.05) is 42.2 Å². The van der Waals surface area contributed by atoms with Crippen molar-refractivity contribution in [2.45, 2.75) is 49.5 Å². The lowest BCUT2D eigenvalue weighted by Gasteiger charge is -2.35. The lowest BCUT2D eigenvalue weighted by atomic mass is 10.00. The molecular weight excluding hydrogens is 305 g/mol. The molecule has 1 aromatic carbocycles. The van der Waals surface area contributed by atoms with Crippen LogP contribution in [0.2, 0.25) is 0 Å². The summed E-state index contributed by atoms with van der Waals surface area (Å²) in [5.74, 6) is -0.200. The molecule has 2 nitrogen and oxygen atoms in total. The molecule has 1 unspecified atom stereocenters. The zero-order chi connectivity index (χ0) is 15.3. The normalized spacial score (nSPS) is 18.5. The van der Waals surface area contributed by atoms with E-state index in [0.29, 0.717) is 13.0 Å². The molecule has 4 heteroatoms. The van der Waals surface area contributed by atoms with Gasteiger partial charge in [-0.15, -0.1) is 0 Å². The topological polar surface area (TPSA) is 20.3 Å². The van der Waals surface area contributed by atoms with Gasteiger partial charge in [0.2, 0.25) is 0 Å². The van der Waals surface area contributed by atoms with Crippen LogP contribution < -0.4 is 0 Å². The number of amides is 1. The Morgan fingerprint density at radius 3 is 2.62 bits per heavy atom. The van der Waals surface area contributed by atoms with Crippen molar-refractivity contribution in [1.29, 1.82) is 0 Å². The van der Waals surface area contributed by atoms with E-state index in [0.717, 1.165) is 24.8 Å². The number of benzene rings is 1. The largest absolute Gasteiger partial charge is 0.329 e. The Labute approximate surface area is 136 Å². The third-order valence-electron chi connectivity index (χ3n) is 3.84.